The Labute approximate surface area is 88.1 Å². The van der Waals surface area contributed by atoms with E-state index in [1.54, 1.807) is 6.07 Å². The molecular formula is C12H9ClN. The zero-order valence-electron chi connectivity index (χ0n) is 7.50. The summed E-state index contributed by atoms with van der Waals surface area (Å²) in [6, 6.07) is 16.2. The molecule has 14 heavy (non-hydrogen) atoms. The van der Waals surface area contributed by atoms with Crippen LogP contribution in [0.5, 0.6) is 0 Å². The average molecular weight is 203 g/mol. The van der Waals surface area contributed by atoms with E-state index in [0.29, 0.717) is 10.7 Å². The molecule has 69 valence electrons. The molecule has 0 aliphatic heterocycles. The van der Waals surface area contributed by atoms with Gasteiger partial charge < -0.3 is 5.73 Å². The van der Waals surface area contributed by atoms with Crippen LogP contribution in [0.1, 0.15) is 0 Å². The summed E-state index contributed by atoms with van der Waals surface area (Å²) < 4.78 is 0. The highest BCUT2D eigenvalue weighted by Gasteiger charge is 2.01. The van der Waals surface area contributed by atoms with Gasteiger partial charge in [-0.1, -0.05) is 41.9 Å². The van der Waals surface area contributed by atoms with Gasteiger partial charge >= 0.3 is 0 Å². The minimum absolute atomic E-state index is 0.661. The van der Waals surface area contributed by atoms with Crippen molar-refractivity contribution in [3.63, 3.8) is 0 Å². The molecule has 0 saturated carbocycles. The molecule has 2 heteroatoms. The van der Waals surface area contributed by atoms with Crippen molar-refractivity contribution < 1.29 is 0 Å². The molecule has 1 radical (unpaired) electrons. The Kier molecular flexibility index (Phi) is 2.42. The van der Waals surface area contributed by atoms with Crippen LogP contribution in [0.15, 0.2) is 42.5 Å². The van der Waals surface area contributed by atoms with Crippen molar-refractivity contribution >= 4 is 17.3 Å². The SMILES string of the molecule is Nc1cc(Cl)ccc1-c1cc[c]cc1. The van der Waals surface area contributed by atoms with Gasteiger partial charge in [-0.15, -0.1) is 0 Å². The number of halogens is 1. The number of rotatable bonds is 1. The monoisotopic (exact) mass is 202 g/mol. The summed E-state index contributed by atoms with van der Waals surface area (Å²) in [7, 11) is 0. The first-order valence-electron chi connectivity index (χ1n) is 4.29. The second-order valence-corrected chi connectivity index (χ2v) is 3.46. The van der Waals surface area contributed by atoms with Crippen LogP contribution in [0.2, 0.25) is 5.02 Å². The summed E-state index contributed by atoms with van der Waals surface area (Å²) in [6.45, 7) is 0. The smallest absolute Gasteiger partial charge is 0.0426 e. The molecule has 0 aromatic heterocycles. The van der Waals surface area contributed by atoms with Crippen LogP contribution in [-0.4, -0.2) is 0 Å². The molecule has 0 aliphatic rings. The molecule has 0 atom stereocenters. The fourth-order valence-corrected chi connectivity index (χ4v) is 1.54. The Morgan fingerprint density at radius 2 is 1.79 bits per heavy atom. The molecule has 2 aromatic carbocycles. The van der Waals surface area contributed by atoms with Gasteiger partial charge in [-0.25, -0.2) is 0 Å². The highest BCUT2D eigenvalue weighted by Crippen LogP contribution is 2.27. The van der Waals surface area contributed by atoms with Crippen LogP contribution >= 0.6 is 11.6 Å². The third kappa shape index (κ3) is 1.73. The maximum absolute atomic E-state index is 5.86. The lowest BCUT2D eigenvalue weighted by Gasteiger charge is -2.05. The predicted octanol–water partition coefficient (Wildman–Crippen LogP) is 3.39. The van der Waals surface area contributed by atoms with Gasteiger partial charge in [-0.3, -0.25) is 0 Å². The lowest BCUT2D eigenvalue weighted by atomic mass is 10.0. The molecule has 2 N–H and O–H groups in total. The van der Waals surface area contributed by atoms with Crippen LogP contribution in [0, 0.1) is 6.07 Å². The molecule has 1 nitrogen and oxygen atoms in total. The van der Waals surface area contributed by atoms with Crippen molar-refractivity contribution in [3.05, 3.63) is 53.6 Å². The summed E-state index contributed by atoms with van der Waals surface area (Å²) in [5, 5.41) is 0.661. The zero-order valence-corrected chi connectivity index (χ0v) is 8.25. The largest absolute Gasteiger partial charge is 0.398 e. The van der Waals surface area contributed by atoms with Gasteiger partial charge in [0.2, 0.25) is 0 Å². The molecule has 0 spiro atoms. The summed E-state index contributed by atoms with van der Waals surface area (Å²) in [5.41, 5.74) is 8.64. The molecule has 0 heterocycles. The zero-order chi connectivity index (χ0) is 9.97. The Bertz CT molecular complexity index is 437. The quantitative estimate of drug-likeness (QED) is 0.705. The normalized spacial score (nSPS) is 10.1. The standard InChI is InChI=1S/C12H9ClN/c13-10-6-7-11(12(14)8-10)9-4-2-1-3-5-9/h2-8H,14H2. The van der Waals surface area contributed by atoms with E-state index in [2.05, 4.69) is 6.07 Å². The van der Waals surface area contributed by atoms with Crippen molar-refractivity contribution in [2.45, 2.75) is 0 Å². The van der Waals surface area contributed by atoms with Crippen LogP contribution in [0.25, 0.3) is 11.1 Å². The number of anilines is 1. The Hall–Kier alpha value is -1.47. The number of hydrogen-bond acceptors (Lipinski definition) is 1. The highest BCUT2D eigenvalue weighted by molar-refractivity contribution is 6.31. The van der Waals surface area contributed by atoms with Gasteiger partial charge in [0.25, 0.3) is 0 Å². The van der Waals surface area contributed by atoms with Crippen molar-refractivity contribution in [1.82, 2.24) is 0 Å². The van der Waals surface area contributed by atoms with Crippen LogP contribution in [0.3, 0.4) is 0 Å². The molecule has 0 saturated heterocycles. The first kappa shape index (κ1) is 9.10. The summed E-state index contributed by atoms with van der Waals surface area (Å²) in [6.07, 6.45) is 0. The van der Waals surface area contributed by atoms with Crippen LogP contribution < -0.4 is 5.73 Å². The lowest BCUT2D eigenvalue weighted by molar-refractivity contribution is 1.60. The lowest BCUT2D eigenvalue weighted by Crippen LogP contribution is -1.89. The number of nitrogens with two attached hydrogens (primary N) is 1. The third-order valence-corrected chi connectivity index (χ3v) is 2.28. The molecule has 2 aromatic rings. The van der Waals surface area contributed by atoms with Crippen molar-refractivity contribution in [3.8, 4) is 11.1 Å². The maximum Gasteiger partial charge on any atom is 0.0426 e. The second kappa shape index (κ2) is 3.72. The Morgan fingerprint density at radius 1 is 1.07 bits per heavy atom. The number of nitrogen functional groups attached to an aromatic ring is 1. The predicted molar refractivity (Wildman–Crippen MR) is 60.1 cm³/mol. The highest BCUT2D eigenvalue weighted by atomic mass is 35.5. The van der Waals surface area contributed by atoms with E-state index in [1.165, 1.54) is 0 Å². The summed E-state index contributed by atoms with van der Waals surface area (Å²) in [4.78, 5) is 0. The fraction of sp³-hybridized carbons (Fsp3) is 0. The molecule has 0 bridgehead atoms. The van der Waals surface area contributed by atoms with Gasteiger partial charge in [0.05, 0.1) is 0 Å². The minimum atomic E-state index is 0.661. The average Bonchev–Trinajstić information content (AvgIpc) is 2.19. The summed E-state index contributed by atoms with van der Waals surface area (Å²) >= 11 is 5.82. The van der Waals surface area contributed by atoms with Gasteiger partial charge in [0.1, 0.15) is 0 Å². The molecular weight excluding hydrogens is 194 g/mol. The molecule has 2 rings (SSSR count). The van der Waals surface area contributed by atoms with E-state index in [0.717, 1.165) is 11.1 Å². The molecule has 0 fully saturated rings. The molecule has 0 unspecified atom stereocenters. The summed E-state index contributed by atoms with van der Waals surface area (Å²) in [5.74, 6) is 0. The van der Waals surface area contributed by atoms with E-state index in [-0.39, 0.29) is 0 Å². The van der Waals surface area contributed by atoms with Gasteiger partial charge in [-0.2, -0.15) is 0 Å². The topological polar surface area (TPSA) is 26.0 Å². The first-order chi connectivity index (χ1) is 6.77. The fourth-order valence-electron chi connectivity index (χ4n) is 1.36. The van der Waals surface area contributed by atoms with Crippen molar-refractivity contribution in [2.75, 3.05) is 5.73 Å². The van der Waals surface area contributed by atoms with E-state index >= 15 is 0 Å². The van der Waals surface area contributed by atoms with E-state index < -0.39 is 0 Å². The van der Waals surface area contributed by atoms with Crippen molar-refractivity contribution in [2.24, 2.45) is 0 Å². The van der Waals surface area contributed by atoms with E-state index in [9.17, 15) is 0 Å². The third-order valence-electron chi connectivity index (χ3n) is 2.04. The first-order valence-corrected chi connectivity index (χ1v) is 4.67. The van der Waals surface area contributed by atoms with Crippen LogP contribution in [-0.2, 0) is 0 Å². The minimum Gasteiger partial charge on any atom is -0.398 e. The number of hydrogen-bond donors (Lipinski definition) is 1. The Morgan fingerprint density at radius 3 is 2.43 bits per heavy atom. The maximum atomic E-state index is 5.86. The molecule has 0 amide bonds. The Balaban J connectivity index is 2.53. The van der Waals surface area contributed by atoms with Gasteiger partial charge in [0, 0.05) is 16.3 Å². The molecule has 0 aliphatic carbocycles. The van der Waals surface area contributed by atoms with E-state index in [1.807, 2.05) is 36.4 Å². The van der Waals surface area contributed by atoms with Crippen LogP contribution in [0.4, 0.5) is 5.69 Å². The van der Waals surface area contributed by atoms with E-state index in [4.69, 9.17) is 17.3 Å². The number of benzene rings is 2. The second-order valence-electron chi connectivity index (χ2n) is 3.02. The van der Waals surface area contributed by atoms with Crippen molar-refractivity contribution in [1.29, 1.82) is 0 Å². The van der Waals surface area contributed by atoms with Gasteiger partial charge in [-0.05, 0) is 23.8 Å². The van der Waals surface area contributed by atoms with Gasteiger partial charge in [0.15, 0.2) is 0 Å².